The highest BCUT2D eigenvalue weighted by Gasteiger charge is 2.26. The van der Waals surface area contributed by atoms with Crippen molar-refractivity contribution >= 4 is 27.0 Å². The number of aryl methyl sites for hydroxylation is 2. The summed E-state index contributed by atoms with van der Waals surface area (Å²) in [6.07, 6.45) is 0.649. The number of benzene rings is 1. The Balaban J connectivity index is 1.79. The quantitative estimate of drug-likeness (QED) is 0.825. The fraction of sp³-hybridized carbons (Fsp3) is 0.529. The predicted molar refractivity (Wildman–Crippen MR) is 97.0 cm³/mol. The van der Waals surface area contributed by atoms with E-state index < -0.39 is 10.0 Å². The van der Waals surface area contributed by atoms with Crippen molar-refractivity contribution in [2.45, 2.75) is 20.3 Å². The van der Waals surface area contributed by atoms with Gasteiger partial charge in [0.05, 0.1) is 16.8 Å². The van der Waals surface area contributed by atoms with Gasteiger partial charge in [0.25, 0.3) is 5.91 Å². The van der Waals surface area contributed by atoms with E-state index in [2.05, 4.69) is 4.98 Å². The van der Waals surface area contributed by atoms with Crippen LogP contribution in [-0.2, 0) is 17.1 Å². The summed E-state index contributed by atoms with van der Waals surface area (Å²) in [5.74, 6) is 0.923. The van der Waals surface area contributed by atoms with Gasteiger partial charge in [0.15, 0.2) is 0 Å². The predicted octanol–water partition coefficient (Wildman–Crippen LogP) is 1.38. The summed E-state index contributed by atoms with van der Waals surface area (Å²) >= 11 is 0. The largest absolute Gasteiger partial charge is 0.337 e. The molecule has 0 spiro atoms. The molecule has 2 aromatic rings. The third kappa shape index (κ3) is 3.41. The number of hydrogen-bond acceptors (Lipinski definition) is 4. The molecule has 136 valence electrons. The highest BCUT2D eigenvalue weighted by atomic mass is 32.2. The maximum absolute atomic E-state index is 12.8. The zero-order valence-corrected chi connectivity index (χ0v) is 15.7. The van der Waals surface area contributed by atoms with E-state index in [1.54, 1.807) is 11.8 Å². The third-order valence-corrected chi connectivity index (χ3v) is 6.73. The van der Waals surface area contributed by atoms with Crippen molar-refractivity contribution in [2.24, 2.45) is 7.05 Å². The molecule has 0 unspecified atom stereocenters. The first kappa shape index (κ1) is 17.9. The van der Waals surface area contributed by atoms with E-state index in [0.29, 0.717) is 38.2 Å². The van der Waals surface area contributed by atoms with Gasteiger partial charge in [-0.2, -0.15) is 0 Å². The van der Waals surface area contributed by atoms with Gasteiger partial charge in [-0.05, 0) is 38.5 Å². The zero-order valence-electron chi connectivity index (χ0n) is 14.9. The van der Waals surface area contributed by atoms with Crippen LogP contribution in [0, 0.1) is 6.92 Å². The smallest absolute Gasteiger partial charge is 0.253 e. The molecule has 1 aliphatic heterocycles. The number of rotatable bonds is 3. The second-order valence-electron chi connectivity index (χ2n) is 6.37. The monoisotopic (exact) mass is 364 g/mol. The summed E-state index contributed by atoms with van der Waals surface area (Å²) < 4.78 is 27.6. The molecule has 0 N–H and O–H groups in total. The van der Waals surface area contributed by atoms with Gasteiger partial charge in [-0.15, -0.1) is 0 Å². The van der Waals surface area contributed by atoms with Crippen molar-refractivity contribution in [1.82, 2.24) is 18.8 Å². The molecule has 1 amide bonds. The van der Waals surface area contributed by atoms with Crippen molar-refractivity contribution < 1.29 is 13.2 Å². The van der Waals surface area contributed by atoms with Crippen LogP contribution in [0.2, 0.25) is 0 Å². The molecule has 1 aromatic heterocycles. The van der Waals surface area contributed by atoms with Gasteiger partial charge in [-0.3, -0.25) is 4.79 Å². The number of amides is 1. The minimum Gasteiger partial charge on any atom is -0.337 e. The van der Waals surface area contributed by atoms with E-state index >= 15 is 0 Å². The molecule has 25 heavy (non-hydrogen) atoms. The van der Waals surface area contributed by atoms with Crippen LogP contribution in [0.3, 0.4) is 0 Å². The number of sulfonamides is 1. The van der Waals surface area contributed by atoms with Gasteiger partial charge in [0.2, 0.25) is 10.0 Å². The minimum atomic E-state index is -3.21. The number of fused-ring (bicyclic) bond motifs is 1. The van der Waals surface area contributed by atoms with Crippen molar-refractivity contribution in [3.05, 3.63) is 29.6 Å². The molecule has 0 aliphatic carbocycles. The first-order valence-corrected chi connectivity index (χ1v) is 10.1. The zero-order chi connectivity index (χ0) is 18.2. The lowest BCUT2D eigenvalue weighted by molar-refractivity contribution is 0.0764. The second-order valence-corrected chi connectivity index (χ2v) is 8.62. The maximum atomic E-state index is 12.8. The van der Waals surface area contributed by atoms with E-state index in [1.807, 2.05) is 36.7 Å². The molecule has 0 saturated carbocycles. The minimum absolute atomic E-state index is 0.0686. The van der Waals surface area contributed by atoms with E-state index in [-0.39, 0.29) is 11.7 Å². The van der Waals surface area contributed by atoms with Crippen molar-refractivity contribution in [3.63, 3.8) is 0 Å². The summed E-state index contributed by atoms with van der Waals surface area (Å²) in [7, 11) is -1.26. The topological polar surface area (TPSA) is 75.5 Å². The van der Waals surface area contributed by atoms with Gasteiger partial charge in [0.1, 0.15) is 5.82 Å². The average Bonchev–Trinajstić information content (AvgIpc) is 2.79. The second kappa shape index (κ2) is 6.76. The number of hydrogen-bond donors (Lipinski definition) is 0. The molecular weight excluding hydrogens is 340 g/mol. The third-order valence-electron chi connectivity index (χ3n) is 4.85. The van der Waals surface area contributed by atoms with Crippen LogP contribution in [0.15, 0.2) is 18.2 Å². The lowest BCUT2D eigenvalue weighted by atomic mass is 10.1. The van der Waals surface area contributed by atoms with Crippen LogP contribution in [0.4, 0.5) is 0 Å². The van der Waals surface area contributed by atoms with Crippen molar-refractivity contribution in [3.8, 4) is 0 Å². The number of nitrogens with zero attached hydrogens (tertiary/aromatic N) is 4. The number of carbonyl (C=O) groups excluding carboxylic acids is 1. The fourth-order valence-corrected chi connectivity index (χ4v) is 4.33. The normalized spacial score (nSPS) is 17.0. The first-order chi connectivity index (χ1) is 11.8. The number of aromatic nitrogens is 2. The average molecular weight is 364 g/mol. The van der Waals surface area contributed by atoms with Crippen LogP contribution < -0.4 is 0 Å². The summed E-state index contributed by atoms with van der Waals surface area (Å²) in [5.41, 5.74) is 2.39. The maximum Gasteiger partial charge on any atom is 0.253 e. The SMILES string of the molecule is CCS(=O)(=O)N1CCCN(C(=O)c2ccc3c(c2)nc(C)n3C)CC1. The van der Waals surface area contributed by atoms with Gasteiger partial charge >= 0.3 is 0 Å². The molecule has 1 aliphatic rings. The summed E-state index contributed by atoms with van der Waals surface area (Å²) in [6.45, 7) is 5.38. The number of imidazole rings is 1. The Labute approximate surface area is 148 Å². The molecule has 3 rings (SSSR count). The molecule has 8 heteroatoms. The highest BCUT2D eigenvalue weighted by Crippen LogP contribution is 2.18. The Kier molecular flexibility index (Phi) is 4.83. The molecule has 0 radical (unpaired) electrons. The van der Waals surface area contributed by atoms with Gasteiger partial charge in [0, 0.05) is 38.8 Å². The lowest BCUT2D eigenvalue weighted by Gasteiger charge is -2.21. The molecular formula is C17H24N4O3S. The Morgan fingerprint density at radius 3 is 2.68 bits per heavy atom. The van der Waals surface area contributed by atoms with Crippen LogP contribution in [0.25, 0.3) is 11.0 Å². The van der Waals surface area contributed by atoms with Crippen molar-refractivity contribution in [2.75, 3.05) is 31.9 Å². The van der Waals surface area contributed by atoms with E-state index in [0.717, 1.165) is 16.9 Å². The summed E-state index contributed by atoms with van der Waals surface area (Å²) in [4.78, 5) is 19.1. The van der Waals surface area contributed by atoms with E-state index in [4.69, 9.17) is 0 Å². The Morgan fingerprint density at radius 1 is 1.20 bits per heavy atom. The molecule has 1 saturated heterocycles. The Morgan fingerprint density at radius 2 is 1.96 bits per heavy atom. The van der Waals surface area contributed by atoms with Crippen LogP contribution in [-0.4, -0.2) is 65.0 Å². The molecule has 0 atom stereocenters. The molecule has 0 bridgehead atoms. The molecule has 2 heterocycles. The lowest BCUT2D eigenvalue weighted by Crippen LogP contribution is -2.37. The highest BCUT2D eigenvalue weighted by molar-refractivity contribution is 7.89. The van der Waals surface area contributed by atoms with Crippen LogP contribution >= 0.6 is 0 Å². The molecule has 1 fully saturated rings. The summed E-state index contributed by atoms with van der Waals surface area (Å²) in [6, 6.07) is 5.54. The Bertz CT molecular complexity index is 904. The Hall–Kier alpha value is -1.93. The standard InChI is InChI=1S/C17H24N4O3S/c1-4-25(23,24)21-9-5-8-20(10-11-21)17(22)14-6-7-16-15(12-14)18-13(2)19(16)3/h6-7,12H,4-5,8-11H2,1-3H3. The van der Waals surface area contributed by atoms with E-state index in [1.165, 1.54) is 4.31 Å². The fourth-order valence-electron chi connectivity index (χ4n) is 3.19. The molecule has 7 nitrogen and oxygen atoms in total. The first-order valence-electron chi connectivity index (χ1n) is 8.53. The van der Waals surface area contributed by atoms with Gasteiger partial charge in [-0.25, -0.2) is 17.7 Å². The van der Waals surface area contributed by atoms with Crippen molar-refractivity contribution in [1.29, 1.82) is 0 Å². The van der Waals surface area contributed by atoms with Gasteiger partial charge < -0.3 is 9.47 Å². The summed E-state index contributed by atoms with van der Waals surface area (Å²) in [5, 5.41) is 0. The van der Waals surface area contributed by atoms with E-state index in [9.17, 15) is 13.2 Å². The molecule has 1 aromatic carbocycles. The van der Waals surface area contributed by atoms with Crippen LogP contribution in [0.1, 0.15) is 29.5 Å². The van der Waals surface area contributed by atoms with Gasteiger partial charge in [-0.1, -0.05) is 0 Å². The number of carbonyl (C=O) groups is 1. The van der Waals surface area contributed by atoms with Crippen LogP contribution in [0.5, 0.6) is 0 Å².